The van der Waals surface area contributed by atoms with Crippen molar-refractivity contribution in [1.29, 1.82) is 5.26 Å². The number of hydrogen-bond donors (Lipinski definition) is 1. The van der Waals surface area contributed by atoms with Crippen molar-refractivity contribution in [1.82, 2.24) is 0 Å². The third-order valence-electron chi connectivity index (χ3n) is 10.8. The van der Waals surface area contributed by atoms with Gasteiger partial charge in [-0.15, -0.1) is 0 Å². The van der Waals surface area contributed by atoms with Gasteiger partial charge >= 0.3 is 0 Å². The molecule has 1 aromatic carbocycles. The van der Waals surface area contributed by atoms with Crippen molar-refractivity contribution in [2.45, 2.75) is 90.1 Å². The Labute approximate surface area is 209 Å². The van der Waals surface area contributed by atoms with Crippen molar-refractivity contribution < 1.29 is 19.4 Å². The van der Waals surface area contributed by atoms with E-state index < -0.39 is 11.4 Å². The van der Waals surface area contributed by atoms with E-state index in [1.165, 1.54) is 5.57 Å². The number of Topliss-reactive ketones (excluding diaryl/α,β-unsaturated/α-hetero) is 1. The molecule has 0 spiro atoms. The monoisotopic (exact) mass is 477 g/mol. The average molecular weight is 478 g/mol. The zero-order valence-corrected chi connectivity index (χ0v) is 21.6. The van der Waals surface area contributed by atoms with Gasteiger partial charge in [0.1, 0.15) is 5.60 Å². The van der Waals surface area contributed by atoms with Crippen molar-refractivity contribution in [3.8, 4) is 6.07 Å². The topological polar surface area (TPSA) is 79.6 Å². The van der Waals surface area contributed by atoms with Crippen LogP contribution in [0.3, 0.4) is 0 Å². The number of aliphatic hydroxyl groups is 1. The van der Waals surface area contributed by atoms with E-state index in [-0.39, 0.29) is 16.6 Å². The number of allylic oxidation sites excluding steroid dienone is 1. The van der Waals surface area contributed by atoms with Gasteiger partial charge in [0.25, 0.3) is 0 Å². The SMILES string of the molecule is CO[C@@]1(C(C)=O)CCC2C3CC=C4C[C@@](O)(OCc5ccc(C#N)cc5)CC[C@]4(C)C3CC[C@@]21C. The third kappa shape index (κ3) is 3.64. The Hall–Kier alpha value is -2.00. The van der Waals surface area contributed by atoms with Crippen LogP contribution in [0.15, 0.2) is 35.9 Å². The molecule has 4 aliphatic rings. The highest BCUT2D eigenvalue weighted by Crippen LogP contribution is 2.68. The fraction of sp³-hybridized carbons (Fsp3) is 0.667. The lowest BCUT2D eigenvalue weighted by Crippen LogP contribution is -2.58. The summed E-state index contributed by atoms with van der Waals surface area (Å²) in [6.45, 7) is 6.76. The maximum absolute atomic E-state index is 12.8. The van der Waals surface area contributed by atoms with Gasteiger partial charge in [-0.3, -0.25) is 4.79 Å². The molecular weight excluding hydrogens is 438 g/mol. The number of nitriles is 1. The molecule has 1 N–H and O–H groups in total. The Bertz CT molecular complexity index is 1070. The molecule has 0 heterocycles. The zero-order chi connectivity index (χ0) is 25.1. The van der Waals surface area contributed by atoms with Crippen LogP contribution in [0.25, 0.3) is 0 Å². The van der Waals surface area contributed by atoms with Gasteiger partial charge in [0.05, 0.1) is 18.2 Å². The summed E-state index contributed by atoms with van der Waals surface area (Å²) in [6, 6.07) is 9.49. The number of fused-ring (bicyclic) bond motifs is 5. The molecule has 7 atom stereocenters. The Morgan fingerprint density at radius 2 is 1.83 bits per heavy atom. The van der Waals surface area contributed by atoms with Crippen molar-refractivity contribution >= 4 is 5.78 Å². The van der Waals surface area contributed by atoms with Gasteiger partial charge in [-0.05, 0) is 86.3 Å². The maximum Gasteiger partial charge on any atom is 0.169 e. The van der Waals surface area contributed by atoms with Gasteiger partial charge < -0.3 is 14.6 Å². The van der Waals surface area contributed by atoms with Gasteiger partial charge in [-0.1, -0.05) is 37.6 Å². The summed E-state index contributed by atoms with van der Waals surface area (Å²) >= 11 is 0. The molecule has 3 saturated carbocycles. The first-order chi connectivity index (χ1) is 16.6. The predicted molar refractivity (Wildman–Crippen MR) is 133 cm³/mol. The fourth-order valence-electron chi connectivity index (χ4n) is 8.69. The smallest absolute Gasteiger partial charge is 0.169 e. The minimum Gasteiger partial charge on any atom is -0.370 e. The molecule has 0 aromatic heterocycles. The zero-order valence-electron chi connectivity index (χ0n) is 21.6. The number of benzene rings is 1. The molecule has 0 radical (unpaired) electrons. The lowest BCUT2D eigenvalue weighted by molar-refractivity contribution is -0.232. The first-order valence-corrected chi connectivity index (χ1v) is 13.2. The van der Waals surface area contributed by atoms with Gasteiger partial charge in [-0.25, -0.2) is 0 Å². The average Bonchev–Trinajstić information content (AvgIpc) is 3.17. The molecule has 0 amide bonds. The van der Waals surface area contributed by atoms with Crippen LogP contribution in [0.5, 0.6) is 0 Å². The molecule has 0 aliphatic heterocycles. The minimum absolute atomic E-state index is 0.0722. The number of hydrogen-bond acceptors (Lipinski definition) is 5. The van der Waals surface area contributed by atoms with Crippen LogP contribution < -0.4 is 0 Å². The van der Waals surface area contributed by atoms with Crippen LogP contribution >= 0.6 is 0 Å². The summed E-state index contributed by atoms with van der Waals surface area (Å²) in [7, 11) is 1.72. The van der Waals surface area contributed by atoms with Crippen molar-refractivity contribution in [3.63, 3.8) is 0 Å². The molecule has 5 rings (SSSR count). The Balaban J connectivity index is 1.33. The lowest BCUT2D eigenvalue weighted by Gasteiger charge is -2.59. The number of carbonyl (C=O) groups is 1. The Kier molecular flexibility index (Phi) is 6.02. The molecule has 4 aliphatic carbocycles. The van der Waals surface area contributed by atoms with E-state index in [0.29, 0.717) is 42.8 Å². The van der Waals surface area contributed by atoms with Crippen molar-refractivity contribution in [3.05, 3.63) is 47.0 Å². The number of ketones is 1. The fourth-order valence-corrected chi connectivity index (χ4v) is 8.69. The quantitative estimate of drug-likeness (QED) is 0.435. The van der Waals surface area contributed by atoms with Crippen LogP contribution in [0, 0.1) is 39.9 Å². The molecule has 5 heteroatoms. The van der Waals surface area contributed by atoms with E-state index in [2.05, 4.69) is 26.0 Å². The third-order valence-corrected chi connectivity index (χ3v) is 10.8. The summed E-state index contributed by atoms with van der Waals surface area (Å²) in [5, 5.41) is 20.4. The molecule has 0 saturated heterocycles. The van der Waals surface area contributed by atoms with Gasteiger partial charge in [0.15, 0.2) is 11.6 Å². The van der Waals surface area contributed by atoms with Crippen LogP contribution in [-0.4, -0.2) is 29.4 Å². The number of carbonyl (C=O) groups excluding carboxylic acids is 1. The summed E-state index contributed by atoms with van der Waals surface area (Å²) in [5.74, 6) is 0.660. The number of ether oxygens (including phenoxy) is 2. The maximum atomic E-state index is 12.8. The van der Waals surface area contributed by atoms with Crippen LogP contribution in [0.2, 0.25) is 0 Å². The molecule has 3 unspecified atom stereocenters. The Morgan fingerprint density at radius 1 is 1.11 bits per heavy atom. The molecule has 5 nitrogen and oxygen atoms in total. The molecule has 1 aromatic rings. The Morgan fingerprint density at radius 3 is 2.49 bits per heavy atom. The van der Waals surface area contributed by atoms with E-state index in [1.54, 1.807) is 26.2 Å². The summed E-state index contributed by atoms with van der Waals surface area (Å²) in [6.07, 6.45) is 9.51. The normalized spacial score (nSPS) is 42.3. The summed E-state index contributed by atoms with van der Waals surface area (Å²) < 4.78 is 12.1. The number of nitrogens with zero attached hydrogens (tertiary/aromatic N) is 1. The summed E-state index contributed by atoms with van der Waals surface area (Å²) in [4.78, 5) is 12.8. The highest BCUT2D eigenvalue weighted by Gasteiger charge is 2.66. The van der Waals surface area contributed by atoms with Gasteiger partial charge in [0.2, 0.25) is 0 Å². The number of rotatable bonds is 5. The van der Waals surface area contributed by atoms with Crippen LogP contribution in [0.1, 0.15) is 83.3 Å². The second-order valence-electron chi connectivity index (χ2n) is 12.1. The molecule has 3 fully saturated rings. The van der Waals surface area contributed by atoms with Gasteiger partial charge in [-0.2, -0.15) is 5.26 Å². The first kappa shape index (κ1) is 24.7. The van der Waals surface area contributed by atoms with Gasteiger partial charge in [0, 0.05) is 25.4 Å². The lowest BCUT2D eigenvalue weighted by atomic mass is 9.46. The second-order valence-corrected chi connectivity index (χ2v) is 12.1. The van der Waals surface area contributed by atoms with Crippen molar-refractivity contribution in [2.75, 3.05) is 7.11 Å². The molecule has 35 heavy (non-hydrogen) atoms. The number of methoxy groups -OCH3 is 1. The highest BCUT2D eigenvalue weighted by atomic mass is 16.6. The van der Waals surface area contributed by atoms with E-state index in [4.69, 9.17) is 14.7 Å². The van der Waals surface area contributed by atoms with E-state index >= 15 is 0 Å². The van der Waals surface area contributed by atoms with Crippen LogP contribution in [0.4, 0.5) is 0 Å². The molecule has 0 bridgehead atoms. The first-order valence-electron chi connectivity index (χ1n) is 13.2. The largest absolute Gasteiger partial charge is 0.370 e. The standard InChI is InChI=1S/C30H39NO4/c1-20(32)30(34-4)14-12-26-24-10-9-23-17-29(33,35-19-22-7-5-21(18-31)6-8-22)16-15-27(23,2)25(24)11-13-28(26,30)3/h5-9,24-26,33H,10-17,19H2,1-4H3/t24?,25?,26?,27-,28-,29-,30+/m0/s1. The van der Waals surface area contributed by atoms with E-state index in [9.17, 15) is 9.90 Å². The highest BCUT2D eigenvalue weighted by molar-refractivity contribution is 5.86. The molecular formula is C30H39NO4. The second kappa shape index (κ2) is 8.54. The van der Waals surface area contributed by atoms with E-state index in [1.807, 2.05) is 12.1 Å². The van der Waals surface area contributed by atoms with E-state index in [0.717, 1.165) is 44.1 Å². The molecule has 188 valence electrons. The van der Waals surface area contributed by atoms with Crippen molar-refractivity contribution in [2.24, 2.45) is 28.6 Å². The predicted octanol–water partition coefficient (Wildman–Crippen LogP) is 5.70. The summed E-state index contributed by atoms with van der Waals surface area (Å²) in [5.41, 5.74) is 2.26. The minimum atomic E-state index is -1.15. The van der Waals surface area contributed by atoms with Crippen LogP contribution in [-0.2, 0) is 20.9 Å².